The number of nitrogen functional groups attached to an aromatic ring is 1. The van der Waals surface area contributed by atoms with Gasteiger partial charge in [-0.25, -0.2) is 0 Å². The average molecular weight is 319 g/mol. The Kier molecular flexibility index (Phi) is 4.06. The molecule has 1 saturated heterocycles. The fourth-order valence-corrected chi connectivity index (χ4v) is 2.68. The molecule has 2 aromatic rings. The lowest BCUT2D eigenvalue weighted by molar-refractivity contribution is -0.0430. The van der Waals surface area contributed by atoms with Crippen molar-refractivity contribution in [2.45, 2.75) is 24.9 Å². The quantitative estimate of drug-likeness (QED) is 0.412. The van der Waals surface area contributed by atoms with Gasteiger partial charge in [-0.3, -0.25) is 9.78 Å². The number of nitrogens with one attached hydrogen (secondary N) is 1. The molecule has 9 nitrogen and oxygen atoms in total. The molecule has 9 heteroatoms. The smallest absolute Gasteiger partial charge is 0.263 e. The monoisotopic (exact) mass is 319 g/mol. The Morgan fingerprint density at radius 1 is 1.57 bits per heavy atom. The van der Waals surface area contributed by atoms with E-state index in [2.05, 4.69) is 21.8 Å². The summed E-state index contributed by atoms with van der Waals surface area (Å²) in [7, 11) is 0. The zero-order valence-corrected chi connectivity index (χ0v) is 12.2. The highest BCUT2D eigenvalue weighted by Crippen LogP contribution is 2.32. The van der Waals surface area contributed by atoms with Crippen molar-refractivity contribution in [2.24, 2.45) is 5.73 Å². The molecule has 0 unspecified atom stereocenters. The van der Waals surface area contributed by atoms with Crippen LogP contribution in [0.15, 0.2) is 11.0 Å². The summed E-state index contributed by atoms with van der Waals surface area (Å²) in [4.78, 5) is 18.8. The van der Waals surface area contributed by atoms with Gasteiger partial charge >= 0.3 is 0 Å². The predicted octanol–water partition coefficient (Wildman–Crippen LogP) is -1.74. The molecule has 7 N–H and O–H groups in total. The number of fused-ring (bicyclic) bond motifs is 1. The van der Waals surface area contributed by atoms with E-state index in [-0.39, 0.29) is 30.9 Å². The van der Waals surface area contributed by atoms with Gasteiger partial charge in [-0.15, -0.1) is 0 Å². The van der Waals surface area contributed by atoms with Crippen molar-refractivity contribution in [1.82, 2.24) is 14.5 Å². The molecule has 0 amide bonds. The minimum Gasteiger partial charge on any atom is -0.394 e. The van der Waals surface area contributed by atoms with E-state index in [0.29, 0.717) is 11.2 Å². The number of nitrogens with zero attached hydrogens (tertiary/aromatic N) is 2. The van der Waals surface area contributed by atoms with Crippen LogP contribution >= 0.6 is 0 Å². The molecular weight excluding hydrogens is 302 g/mol. The molecule has 2 aromatic heterocycles. The second-order valence-electron chi connectivity index (χ2n) is 5.22. The lowest BCUT2D eigenvalue weighted by Crippen LogP contribution is -2.24. The lowest BCUT2D eigenvalue weighted by Gasteiger charge is -2.14. The molecule has 23 heavy (non-hydrogen) atoms. The van der Waals surface area contributed by atoms with Crippen molar-refractivity contribution in [1.29, 1.82) is 0 Å². The first-order valence-corrected chi connectivity index (χ1v) is 7.08. The van der Waals surface area contributed by atoms with Gasteiger partial charge in [-0.05, 0) is 0 Å². The molecule has 1 aliphatic rings. The number of aromatic amines is 1. The number of aromatic nitrogens is 3. The molecule has 3 heterocycles. The van der Waals surface area contributed by atoms with Crippen molar-refractivity contribution >= 4 is 17.0 Å². The summed E-state index contributed by atoms with van der Waals surface area (Å²) in [5.41, 5.74) is 11.3. The highest BCUT2D eigenvalue weighted by Gasteiger charge is 2.35. The zero-order chi connectivity index (χ0) is 16.6. The predicted molar refractivity (Wildman–Crippen MR) is 82.3 cm³/mol. The van der Waals surface area contributed by atoms with E-state index in [4.69, 9.17) is 16.2 Å². The van der Waals surface area contributed by atoms with Gasteiger partial charge in [0.15, 0.2) is 5.65 Å². The Balaban J connectivity index is 2.16. The summed E-state index contributed by atoms with van der Waals surface area (Å²) in [6, 6.07) is 0. The number of ether oxygens (including phenoxy) is 1. The molecule has 0 aliphatic carbocycles. The van der Waals surface area contributed by atoms with E-state index in [9.17, 15) is 15.0 Å². The topological polar surface area (TPSA) is 152 Å². The highest BCUT2D eigenvalue weighted by molar-refractivity contribution is 5.83. The third-order valence-corrected chi connectivity index (χ3v) is 3.72. The highest BCUT2D eigenvalue weighted by atomic mass is 16.5. The van der Waals surface area contributed by atoms with Gasteiger partial charge in [0, 0.05) is 12.6 Å². The third-order valence-electron chi connectivity index (χ3n) is 3.72. The molecule has 3 atom stereocenters. The molecule has 3 rings (SSSR count). The molecule has 0 aromatic carbocycles. The minimum absolute atomic E-state index is 0.0302. The Labute approximate surface area is 130 Å². The number of anilines is 1. The van der Waals surface area contributed by atoms with Crippen molar-refractivity contribution in [3.05, 3.63) is 22.1 Å². The zero-order valence-electron chi connectivity index (χ0n) is 12.2. The number of hydrogen-bond acceptors (Lipinski definition) is 7. The lowest BCUT2D eigenvalue weighted by atomic mass is 10.2. The van der Waals surface area contributed by atoms with Crippen LogP contribution < -0.4 is 17.0 Å². The standard InChI is InChI=1S/C14H17N5O4/c15-3-1-2-7-5-19(10-4-8(21)9(6-20)23-10)12-11(7)13(22)18-14(16)17-12/h5,8-10,20-21H,3-4,6,15H2,(H3,16,17,18,22)/t8-,9+,10+/m0/s1. The fraction of sp³-hybridized carbons (Fsp3) is 0.429. The number of rotatable bonds is 2. The fourth-order valence-electron chi connectivity index (χ4n) is 2.68. The van der Waals surface area contributed by atoms with E-state index in [0.717, 1.165) is 0 Å². The van der Waals surface area contributed by atoms with Crippen LogP contribution in [0, 0.1) is 11.8 Å². The van der Waals surface area contributed by atoms with Gasteiger partial charge in [0.1, 0.15) is 12.3 Å². The van der Waals surface area contributed by atoms with Crippen LogP contribution in [0.5, 0.6) is 0 Å². The number of H-pyrrole nitrogens is 1. The number of nitrogens with two attached hydrogens (primary N) is 2. The number of hydrogen-bond donors (Lipinski definition) is 5. The van der Waals surface area contributed by atoms with Gasteiger partial charge < -0.3 is 31.0 Å². The summed E-state index contributed by atoms with van der Waals surface area (Å²) in [6.45, 7) is -0.148. The number of aliphatic hydroxyl groups excluding tert-OH is 2. The average Bonchev–Trinajstić information content (AvgIpc) is 3.05. The summed E-state index contributed by atoms with van der Waals surface area (Å²) in [5.74, 6) is 5.49. The molecule has 0 spiro atoms. The first kappa shape index (κ1) is 15.5. The summed E-state index contributed by atoms with van der Waals surface area (Å²) in [5, 5.41) is 19.4. The second-order valence-corrected chi connectivity index (χ2v) is 5.22. The normalized spacial score (nSPS) is 23.9. The van der Waals surface area contributed by atoms with Crippen LogP contribution in [0.3, 0.4) is 0 Å². The third kappa shape index (κ3) is 2.69. The van der Waals surface area contributed by atoms with Crippen LogP contribution in [0.25, 0.3) is 11.0 Å². The molecular formula is C14H17N5O4. The molecule has 1 fully saturated rings. The number of aliphatic hydroxyl groups is 2. The largest absolute Gasteiger partial charge is 0.394 e. The van der Waals surface area contributed by atoms with Gasteiger partial charge in [0.25, 0.3) is 5.56 Å². The van der Waals surface area contributed by atoms with Gasteiger partial charge in [0.05, 0.1) is 30.2 Å². The van der Waals surface area contributed by atoms with E-state index in [1.54, 1.807) is 10.8 Å². The van der Waals surface area contributed by atoms with E-state index >= 15 is 0 Å². The minimum atomic E-state index is -0.805. The van der Waals surface area contributed by atoms with Gasteiger partial charge in [-0.1, -0.05) is 11.8 Å². The van der Waals surface area contributed by atoms with E-state index in [1.807, 2.05) is 0 Å². The Morgan fingerprint density at radius 2 is 2.35 bits per heavy atom. The van der Waals surface area contributed by atoms with Crippen LogP contribution in [-0.2, 0) is 4.74 Å². The van der Waals surface area contributed by atoms with Crippen molar-refractivity contribution in [3.63, 3.8) is 0 Å². The maximum atomic E-state index is 12.2. The first-order chi connectivity index (χ1) is 11.0. The van der Waals surface area contributed by atoms with Crippen LogP contribution in [-0.4, -0.2) is 50.1 Å². The van der Waals surface area contributed by atoms with Crippen LogP contribution in [0.4, 0.5) is 5.95 Å². The molecule has 1 aliphatic heterocycles. The summed E-state index contributed by atoms with van der Waals surface area (Å²) < 4.78 is 7.21. The molecule has 122 valence electrons. The first-order valence-electron chi connectivity index (χ1n) is 7.08. The summed E-state index contributed by atoms with van der Waals surface area (Å²) in [6.07, 6.45) is -0.193. The van der Waals surface area contributed by atoms with Gasteiger partial charge in [0.2, 0.25) is 5.95 Å². The van der Waals surface area contributed by atoms with E-state index < -0.39 is 24.0 Å². The SMILES string of the molecule is NCC#Cc1cn([C@H]2C[C@H](O)[C@@H](CO)O2)c2nc(N)[nH]c(=O)c12. The van der Waals surface area contributed by atoms with E-state index in [1.165, 1.54) is 0 Å². The maximum Gasteiger partial charge on any atom is 0.263 e. The molecule has 0 saturated carbocycles. The molecule has 0 radical (unpaired) electrons. The summed E-state index contributed by atoms with van der Waals surface area (Å²) >= 11 is 0. The Morgan fingerprint density at radius 3 is 3.00 bits per heavy atom. The Hall–Kier alpha value is -2.38. The van der Waals surface area contributed by atoms with Crippen molar-refractivity contribution < 1.29 is 14.9 Å². The van der Waals surface area contributed by atoms with Crippen molar-refractivity contribution in [3.8, 4) is 11.8 Å². The molecule has 0 bridgehead atoms. The van der Waals surface area contributed by atoms with Crippen molar-refractivity contribution in [2.75, 3.05) is 18.9 Å². The maximum absolute atomic E-state index is 12.2. The Bertz CT molecular complexity index is 846. The van der Waals surface area contributed by atoms with Crippen LogP contribution in [0.2, 0.25) is 0 Å². The van der Waals surface area contributed by atoms with Gasteiger partial charge in [-0.2, -0.15) is 4.98 Å². The second kappa shape index (κ2) is 6.02. The van der Waals surface area contributed by atoms with Crippen LogP contribution in [0.1, 0.15) is 18.2 Å².